The molecule has 3 aromatic rings. The zero-order valence-electron chi connectivity index (χ0n) is 14.7. The number of pyridine rings is 1. The number of hydrogen-bond acceptors (Lipinski definition) is 4. The van der Waals surface area contributed by atoms with E-state index in [0.29, 0.717) is 12.0 Å². The summed E-state index contributed by atoms with van der Waals surface area (Å²) >= 11 is 0. The van der Waals surface area contributed by atoms with Gasteiger partial charge >= 0.3 is 0 Å². The van der Waals surface area contributed by atoms with Gasteiger partial charge in [-0.3, -0.25) is 9.48 Å². The molecule has 0 saturated heterocycles. The third kappa shape index (κ3) is 3.25. The molecular weight excluding hydrogens is 316 g/mol. The summed E-state index contributed by atoms with van der Waals surface area (Å²) in [6, 6.07) is 11.4. The van der Waals surface area contributed by atoms with Crippen molar-refractivity contribution in [2.75, 3.05) is 13.7 Å². The van der Waals surface area contributed by atoms with Crippen LogP contribution in [0.15, 0.2) is 42.6 Å². The van der Waals surface area contributed by atoms with Gasteiger partial charge in [-0.2, -0.15) is 5.10 Å². The van der Waals surface area contributed by atoms with Gasteiger partial charge in [0.25, 0.3) is 5.91 Å². The molecule has 1 N–H and O–H groups in total. The van der Waals surface area contributed by atoms with Crippen LogP contribution in [0.25, 0.3) is 11.0 Å². The Labute approximate surface area is 146 Å². The number of aliphatic hydroxyl groups is 1. The number of benzene rings is 1. The van der Waals surface area contributed by atoms with Gasteiger partial charge < -0.3 is 10.0 Å². The van der Waals surface area contributed by atoms with Crippen molar-refractivity contribution >= 4 is 16.9 Å². The van der Waals surface area contributed by atoms with Crippen molar-refractivity contribution in [1.29, 1.82) is 0 Å². The fourth-order valence-electron chi connectivity index (χ4n) is 3.15. The van der Waals surface area contributed by atoms with Crippen molar-refractivity contribution in [3.8, 4) is 0 Å². The molecule has 2 heterocycles. The van der Waals surface area contributed by atoms with Gasteiger partial charge in [0.1, 0.15) is 0 Å². The number of rotatable bonds is 5. The summed E-state index contributed by atoms with van der Waals surface area (Å²) in [6.07, 6.45) is 2.07. The van der Waals surface area contributed by atoms with E-state index >= 15 is 0 Å². The number of fused-ring (bicyclic) bond motifs is 1. The third-order valence-electron chi connectivity index (χ3n) is 4.48. The van der Waals surface area contributed by atoms with Crippen molar-refractivity contribution in [3.05, 3.63) is 59.4 Å². The minimum absolute atomic E-state index is 0.0101. The lowest BCUT2D eigenvalue weighted by atomic mass is 10.0. The first-order valence-electron chi connectivity index (χ1n) is 8.25. The first-order valence-corrected chi connectivity index (χ1v) is 8.25. The summed E-state index contributed by atoms with van der Waals surface area (Å²) in [5.74, 6) is -0.125. The molecule has 130 valence electrons. The van der Waals surface area contributed by atoms with Gasteiger partial charge in [0.15, 0.2) is 5.65 Å². The monoisotopic (exact) mass is 338 g/mol. The Bertz CT molecular complexity index is 889. The molecule has 1 atom stereocenters. The number of carbonyl (C=O) groups is 1. The highest BCUT2D eigenvalue weighted by Crippen LogP contribution is 2.25. The molecule has 6 nitrogen and oxygen atoms in total. The summed E-state index contributed by atoms with van der Waals surface area (Å²) < 4.78 is 1.71. The maximum absolute atomic E-state index is 13.0. The number of nitrogens with zero attached hydrogens (tertiary/aromatic N) is 4. The zero-order valence-corrected chi connectivity index (χ0v) is 14.7. The minimum atomic E-state index is -0.190. The molecule has 2 aromatic heterocycles. The summed E-state index contributed by atoms with van der Waals surface area (Å²) in [4.78, 5) is 19.0. The first kappa shape index (κ1) is 17.1. The lowest BCUT2D eigenvalue weighted by Gasteiger charge is -2.28. The quantitative estimate of drug-likeness (QED) is 0.776. The summed E-state index contributed by atoms with van der Waals surface area (Å²) in [7, 11) is 3.60. The van der Waals surface area contributed by atoms with E-state index in [-0.39, 0.29) is 18.6 Å². The van der Waals surface area contributed by atoms with Crippen LogP contribution in [0.2, 0.25) is 0 Å². The van der Waals surface area contributed by atoms with Crippen LogP contribution in [0.1, 0.15) is 34.1 Å². The lowest BCUT2D eigenvalue weighted by Crippen LogP contribution is -2.32. The van der Waals surface area contributed by atoms with Gasteiger partial charge in [0.2, 0.25) is 0 Å². The number of carbonyl (C=O) groups excluding carboxylic acids is 1. The van der Waals surface area contributed by atoms with Crippen LogP contribution in [0, 0.1) is 6.92 Å². The van der Waals surface area contributed by atoms with E-state index in [1.807, 2.05) is 50.4 Å². The molecule has 0 aliphatic heterocycles. The van der Waals surface area contributed by atoms with Crippen molar-refractivity contribution in [2.24, 2.45) is 7.05 Å². The van der Waals surface area contributed by atoms with Crippen molar-refractivity contribution in [2.45, 2.75) is 19.4 Å². The maximum Gasteiger partial charge on any atom is 0.255 e. The lowest BCUT2D eigenvalue weighted by molar-refractivity contribution is 0.0705. The molecule has 0 fully saturated rings. The molecule has 25 heavy (non-hydrogen) atoms. The third-order valence-corrected chi connectivity index (χ3v) is 4.48. The molecule has 0 aliphatic rings. The molecular formula is C19H22N4O2. The van der Waals surface area contributed by atoms with Crippen LogP contribution in [-0.2, 0) is 7.05 Å². The molecule has 1 unspecified atom stereocenters. The molecule has 0 saturated carbocycles. The smallest absolute Gasteiger partial charge is 0.255 e. The summed E-state index contributed by atoms with van der Waals surface area (Å²) in [5, 5.41) is 14.6. The first-order chi connectivity index (χ1) is 12.0. The minimum Gasteiger partial charge on any atom is -0.396 e. The van der Waals surface area contributed by atoms with Crippen LogP contribution in [0.3, 0.4) is 0 Å². The number of aliphatic hydroxyl groups excluding tert-OH is 1. The highest BCUT2D eigenvalue weighted by molar-refractivity contribution is 5.97. The van der Waals surface area contributed by atoms with Crippen LogP contribution < -0.4 is 0 Å². The summed E-state index contributed by atoms with van der Waals surface area (Å²) in [5.41, 5.74) is 3.12. The van der Waals surface area contributed by atoms with Crippen molar-refractivity contribution < 1.29 is 9.90 Å². The molecule has 1 aromatic carbocycles. The standard InChI is InChI=1S/C19H22N4O2/c1-13-16-11-15(12-20-18(16)23(3)21-13)19(25)22(2)17(9-10-24)14-7-5-4-6-8-14/h4-8,11-12,17,24H,9-10H2,1-3H3. The van der Waals surface area contributed by atoms with E-state index in [4.69, 9.17) is 0 Å². The Morgan fingerprint density at radius 1 is 1.32 bits per heavy atom. The Morgan fingerprint density at radius 2 is 2.04 bits per heavy atom. The van der Waals surface area contributed by atoms with Gasteiger partial charge in [-0.05, 0) is 25.0 Å². The van der Waals surface area contributed by atoms with Crippen molar-refractivity contribution in [1.82, 2.24) is 19.7 Å². The Morgan fingerprint density at radius 3 is 2.72 bits per heavy atom. The van der Waals surface area contributed by atoms with E-state index in [1.54, 1.807) is 22.8 Å². The van der Waals surface area contributed by atoms with E-state index in [1.165, 1.54) is 0 Å². The van der Waals surface area contributed by atoms with Crippen LogP contribution in [-0.4, -0.2) is 44.3 Å². The van der Waals surface area contributed by atoms with Gasteiger partial charge in [-0.15, -0.1) is 0 Å². The van der Waals surface area contributed by atoms with E-state index < -0.39 is 0 Å². The molecule has 0 radical (unpaired) electrons. The molecule has 0 aliphatic carbocycles. The van der Waals surface area contributed by atoms with Gasteiger partial charge in [-0.25, -0.2) is 4.98 Å². The number of aromatic nitrogens is 3. The fourth-order valence-corrected chi connectivity index (χ4v) is 3.15. The normalized spacial score (nSPS) is 12.3. The topological polar surface area (TPSA) is 71.2 Å². The second-order valence-electron chi connectivity index (χ2n) is 6.16. The van der Waals surface area contributed by atoms with Gasteiger partial charge in [0.05, 0.1) is 17.3 Å². The second-order valence-corrected chi connectivity index (χ2v) is 6.16. The maximum atomic E-state index is 13.0. The molecule has 0 bridgehead atoms. The summed E-state index contributed by atoms with van der Waals surface area (Å²) in [6.45, 7) is 1.91. The van der Waals surface area contributed by atoms with E-state index in [9.17, 15) is 9.90 Å². The zero-order chi connectivity index (χ0) is 18.0. The molecule has 0 spiro atoms. The van der Waals surface area contributed by atoms with Gasteiger partial charge in [-0.1, -0.05) is 30.3 Å². The molecule has 1 amide bonds. The largest absolute Gasteiger partial charge is 0.396 e. The SMILES string of the molecule is Cc1nn(C)c2ncc(C(=O)N(C)C(CCO)c3ccccc3)cc12. The van der Waals surface area contributed by atoms with Crippen molar-refractivity contribution in [3.63, 3.8) is 0 Å². The average Bonchev–Trinajstić information content (AvgIpc) is 2.93. The van der Waals surface area contributed by atoms with E-state index in [0.717, 1.165) is 22.3 Å². The predicted molar refractivity (Wildman–Crippen MR) is 96.2 cm³/mol. The Hall–Kier alpha value is -2.73. The Kier molecular flexibility index (Phi) is 4.81. The Balaban J connectivity index is 1.94. The highest BCUT2D eigenvalue weighted by atomic mass is 16.3. The van der Waals surface area contributed by atoms with E-state index in [2.05, 4.69) is 10.1 Å². The molecule has 6 heteroatoms. The second kappa shape index (κ2) is 7.03. The number of hydrogen-bond donors (Lipinski definition) is 1. The number of amides is 1. The highest BCUT2D eigenvalue weighted by Gasteiger charge is 2.23. The molecule has 3 rings (SSSR count). The van der Waals surface area contributed by atoms with Crippen LogP contribution in [0.5, 0.6) is 0 Å². The average molecular weight is 338 g/mol. The van der Waals surface area contributed by atoms with Crippen LogP contribution in [0.4, 0.5) is 0 Å². The van der Waals surface area contributed by atoms with Gasteiger partial charge in [0, 0.05) is 32.3 Å². The predicted octanol–water partition coefficient (Wildman–Crippen LogP) is 2.47. The number of aryl methyl sites for hydroxylation is 2. The van der Waals surface area contributed by atoms with Crippen LogP contribution >= 0.6 is 0 Å². The fraction of sp³-hybridized carbons (Fsp3) is 0.316.